The molecule has 2 aliphatic rings. The van der Waals surface area contributed by atoms with Crippen molar-refractivity contribution in [2.45, 2.75) is 96.6 Å². The summed E-state index contributed by atoms with van der Waals surface area (Å²) < 4.78 is 13.4. The molecule has 0 bridgehead atoms. The zero-order valence-corrected chi connectivity index (χ0v) is 16.4. The minimum atomic E-state index is -2.07. The van der Waals surface area contributed by atoms with Crippen molar-refractivity contribution >= 4 is 8.56 Å². The molecule has 0 N–H and O–H groups in total. The van der Waals surface area contributed by atoms with Gasteiger partial charge >= 0.3 is 8.56 Å². The van der Waals surface area contributed by atoms with Gasteiger partial charge in [0.05, 0.1) is 0 Å². The molecule has 2 atom stereocenters. The van der Waals surface area contributed by atoms with E-state index in [4.69, 9.17) is 8.85 Å². The molecule has 2 unspecified atom stereocenters. The summed E-state index contributed by atoms with van der Waals surface area (Å²) in [6.45, 7) is 11.1. The fourth-order valence-electron chi connectivity index (χ4n) is 4.60. The van der Waals surface area contributed by atoms with Crippen molar-refractivity contribution in [3.05, 3.63) is 0 Å². The average molecular weight is 327 g/mol. The van der Waals surface area contributed by atoms with Gasteiger partial charge in [0.2, 0.25) is 0 Å². The Balaban J connectivity index is 2.18. The van der Waals surface area contributed by atoms with Gasteiger partial charge in [0.1, 0.15) is 0 Å². The van der Waals surface area contributed by atoms with Gasteiger partial charge < -0.3 is 8.85 Å². The van der Waals surface area contributed by atoms with Crippen LogP contribution in [0.15, 0.2) is 0 Å². The van der Waals surface area contributed by atoms with Crippen molar-refractivity contribution in [2.75, 3.05) is 13.2 Å². The normalized spacial score (nSPS) is 33.3. The lowest BCUT2D eigenvalue weighted by Crippen LogP contribution is -2.52. The first kappa shape index (κ1) is 18.5. The highest BCUT2D eigenvalue weighted by atomic mass is 28.4. The second-order valence-corrected chi connectivity index (χ2v) is 11.6. The van der Waals surface area contributed by atoms with E-state index in [1.54, 1.807) is 0 Å². The van der Waals surface area contributed by atoms with Crippen molar-refractivity contribution in [1.29, 1.82) is 0 Å². The Labute approximate surface area is 139 Å². The third-order valence-corrected chi connectivity index (χ3v) is 10.6. The van der Waals surface area contributed by atoms with Crippen LogP contribution < -0.4 is 0 Å². The molecule has 0 radical (unpaired) electrons. The standard InChI is InChI=1S/C19H38O2Si/c1-5-13-20-22(21-14-6-2,19-12-9-17(4)15-19)18-10-7-16(3)8-11-18/h16-19H,5-15H2,1-4H3. The van der Waals surface area contributed by atoms with Gasteiger partial charge in [0, 0.05) is 24.3 Å². The molecule has 3 heteroatoms. The maximum absolute atomic E-state index is 6.70. The summed E-state index contributed by atoms with van der Waals surface area (Å²) in [5, 5.41) is 0. The maximum atomic E-state index is 6.70. The van der Waals surface area contributed by atoms with E-state index in [2.05, 4.69) is 27.7 Å². The maximum Gasteiger partial charge on any atom is 0.344 e. The van der Waals surface area contributed by atoms with Crippen LogP contribution in [0, 0.1) is 11.8 Å². The van der Waals surface area contributed by atoms with E-state index in [9.17, 15) is 0 Å². The first-order chi connectivity index (χ1) is 10.6. The van der Waals surface area contributed by atoms with Crippen LogP contribution in [0.2, 0.25) is 11.1 Å². The molecule has 0 aromatic rings. The van der Waals surface area contributed by atoms with Crippen LogP contribution in [0.1, 0.15) is 85.5 Å². The van der Waals surface area contributed by atoms with Gasteiger partial charge in [-0.15, -0.1) is 0 Å². The summed E-state index contributed by atoms with van der Waals surface area (Å²) >= 11 is 0. The molecule has 22 heavy (non-hydrogen) atoms. The molecule has 0 spiro atoms. The van der Waals surface area contributed by atoms with Gasteiger partial charge in [0.25, 0.3) is 0 Å². The highest BCUT2D eigenvalue weighted by Crippen LogP contribution is 2.52. The van der Waals surface area contributed by atoms with Gasteiger partial charge in [0.15, 0.2) is 0 Å². The van der Waals surface area contributed by atoms with E-state index in [1.165, 1.54) is 44.9 Å². The summed E-state index contributed by atoms with van der Waals surface area (Å²) in [5.41, 5.74) is 1.50. The molecule has 0 heterocycles. The van der Waals surface area contributed by atoms with Crippen LogP contribution in [-0.2, 0) is 8.85 Å². The molecule has 2 nitrogen and oxygen atoms in total. The quantitative estimate of drug-likeness (QED) is 0.505. The summed E-state index contributed by atoms with van der Waals surface area (Å²) in [4.78, 5) is 0. The molecule has 0 aliphatic heterocycles. The van der Waals surface area contributed by atoms with Crippen LogP contribution in [0.25, 0.3) is 0 Å². The molecule has 0 amide bonds. The molecular formula is C19H38O2Si. The second-order valence-electron chi connectivity index (χ2n) is 7.99. The Morgan fingerprint density at radius 3 is 1.68 bits per heavy atom. The van der Waals surface area contributed by atoms with Gasteiger partial charge in [-0.2, -0.15) is 0 Å². The predicted octanol–water partition coefficient (Wildman–Crippen LogP) is 6.05. The largest absolute Gasteiger partial charge is 0.394 e. The Morgan fingerprint density at radius 2 is 1.23 bits per heavy atom. The van der Waals surface area contributed by atoms with E-state index in [0.717, 1.165) is 49.0 Å². The van der Waals surface area contributed by atoms with E-state index < -0.39 is 8.56 Å². The zero-order valence-electron chi connectivity index (χ0n) is 15.4. The number of hydrogen-bond donors (Lipinski definition) is 0. The molecule has 2 saturated carbocycles. The molecule has 2 fully saturated rings. The topological polar surface area (TPSA) is 18.5 Å². The highest BCUT2D eigenvalue weighted by Gasteiger charge is 2.54. The summed E-state index contributed by atoms with van der Waals surface area (Å²) in [7, 11) is -2.07. The van der Waals surface area contributed by atoms with Crippen LogP contribution in [-0.4, -0.2) is 21.8 Å². The molecule has 130 valence electrons. The first-order valence-corrected chi connectivity index (χ1v) is 11.9. The Bertz CT molecular complexity index is 305. The summed E-state index contributed by atoms with van der Waals surface area (Å²) in [6, 6.07) is 0. The van der Waals surface area contributed by atoms with Crippen molar-refractivity contribution in [3.63, 3.8) is 0 Å². The van der Waals surface area contributed by atoms with E-state index in [0.29, 0.717) is 0 Å². The highest BCUT2D eigenvalue weighted by molar-refractivity contribution is 6.70. The van der Waals surface area contributed by atoms with Gasteiger partial charge in [-0.05, 0) is 50.4 Å². The molecule has 2 aliphatic carbocycles. The molecular weight excluding hydrogens is 288 g/mol. The average Bonchev–Trinajstić information content (AvgIpc) is 2.96. The minimum absolute atomic E-state index is 0.747. The lowest BCUT2D eigenvalue weighted by molar-refractivity contribution is 0.137. The Hall–Kier alpha value is 0.137. The Morgan fingerprint density at radius 1 is 0.727 bits per heavy atom. The van der Waals surface area contributed by atoms with Gasteiger partial charge in [-0.3, -0.25) is 0 Å². The van der Waals surface area contributed by atoms with Gasteiger partial charge in [-0.1, -0.05) is 47.0 Å². The predicted molar refractivity (Wildman–Crippen MR) is 96.4 cm³/mol. The van der Waals surface area contributed by atoms with Crippen molar-refractivity contribution in [2.24, 2.45) is 11.8 Å². The van der Waals surface area contributed by atoms with Crippen molar-refractivity contribution in [1.82, 2.24) is 0 Å². The summed E-state index contributed by atoms with van der Waals surface area (Å²) in [5.74, 6) is 1.78. The fourth-order valence-corrected chi connectivity index (χ4v) is 9.78. The first-order valence-electron chi connectivity index (χ1n) is 9.90. The monoisotopic (exact) mass is 326 g/mol. The van der Waals surface area contributed by atoms with Crippen molar-refractivity contribution < 1.29 is 8.85 Å². The number of hydrogen-bond acceptors (Lipinski definition) is 2. The van der Waals surface area contributed by atoms with Crippen LogP contribution in [0.4, 0.5) is 0 Å². The smallest absolute Gasteiger partial charge is 0.344 e. The molecule has 0 saturated heterocycles. The van der Waals surface area contributed by atoms with Crippen molar-refractivity contribution in [3.8, 4) is 0 Å². The van der Waals surface area contributed by atoms with Crippen LogP contribution in [0.5, 0.6) is 0 Å². The zero-order chi connectivity index (χ0) is 16.0. The second kappa shape index (κ2) is 8.84. The fraction of sp³-hybridized carbons (Fsp3) is 1.00. The lowest BCUT2D eigenvalue weighted by atomic mass is 9.90. The van der Waals surface area contributed by atoms with Crippen LogP contribution in [0.3, 0.4) is 0 Å². The third-order valence-electron chi connectivity index (χ3n) is 5.91. The van der Waals surface area contributed by atoms with E-state index in [-0.39, 0.29) is 0 Å². The van der Waals surface area contributed by atoms with E-state index in [1.807, 2.05) is 0 Å². The Kier molecular flexibility index (Phi) is 7.42. The molecule has 2 rings (SSSR count). The van der Waals surface area contributed by atoms with E-state index >= 15 is 0 Å². The molecule has 0 aromatic carbocycles. The minimum Gasteiger partial charge on any atom is -0.394 e. The SMILES string of the molecule is CCCO[Si](OCCC)(C1CCC(C)CC1)C1CCC(C)C1. The summed E-state index contributed by atoms with van der Waals surface area (Å²) in [6.07, 6.45) is 11.8. The van der Waals surface area contributed by atoms with Gasteiger partial charge in [-0.25, -0.2) is 0 Å². The third kappa shape index (κ3) is 4.36. The molecule has 0 aromatic heterocycles. The van der Waals surface area contributed by atoms with Crippen LogP contribution >= 0.6 is 0 Å². The number of rotatable bonds is 8. The lowest BCUT2D eigenvalue weighted by Gasteiger charge is -2.44.